The standard InChI is InChI=1S/C16H19NOS/c1-10-5-6-11(2)14(9-10)13(4)17-16(18)15-8-7-12(3)19-15/h5-9,13H,1-4H3,(H,17,18)/t13-/m1/s1. The molecular formula is C16H19NOS. The summed E-state index contributed by atoms with van der Waals surface area (Å²) in [5.74, 6) is 0.00602. The van der Waals surface area contributed by atoms with Crippen LogP contribution in [0.3, 0.4) is 0 Å². The summed E-state index contributed by atoms with van der Waals surface area (Å²) >= 11 is 1.53. The molecule has 3 heteroatoms. The Kier molecular flexibility index (Phi) is 4.05. The lowest BCUT2D eigenvalue weighted by atomic mass is 10.00. The molecule has 0 aliphatic heterocycles. The van der Waals surface area contributed by atoms with Crippen LogP contribution in [0.15, 0.2) is 30.3 Å². The molecule has 0 fully saturated rings. The number of nitrogens with one attached hydrogen (secondary N) is 1. The van der Waals surface area contributed by atoms with E-state index >= 15 is 0 Å². The molecule has 1 amide bonds. The monoisotopic (exact) mass is 273 g/mol. The van der Waals surface area contributed by atoms with E-state index in [-0.39, 0.29) is 11.9 Å². The number of carbonyl (C=O) groups excluding carboxylic acids is 1. The lowest BCUT2D eigenvalue weighted by Gasteiger charge is -2.17. The van der Waals surface area contributed by atoms with E-state index < -0.39 is 0 Å². The van der Waals surface area contributed by atoms with Crippen molar-refractivity contribution in [1.82, 2.24) is 5.32 Å². The molecule has 1 aromatic heterocycles. The fourth-order valence-corrected chi connectivity index (χ4v) is 2.90. The summed E-state index contributed by atoms with van der Waals surface area (Å²) in [4.78, 5) is 14.1. The summed E-state index contributed by atoms with van der Waals surface area (Å²) in [5, 5.41) is 3.07. The molecule has 0 spiro atoms. The molecule has 1 N–H and O–H groups in total. The minimum absolute atomic E-state index is 0.00602. The molecule has 0 radical (unpaired) electrons. The van der Waals surface area contributed by atoms with Gasteiger partial charge in [-0.2, -0.15) is 0 Å². The zero-order valence-electron chi connectivity index (χ0n) is 11.8. The minimum atomic E-state index is 0.00602. The van der Waals surface area contributed by atoms with Crippen LogP contribution in [0, 0.1) is 20.8 Å². The predicted octanol–water partition coefficient (Wildman–Crippen LogP) is 4.16. The summed E-state index contributed by atoms with van der Waals surface area (Å²) < 4.78 is 0. The number of amides is 1. The molecule has 1 aromatic carbocycles. The average Bonchev–Trinajstić information content (AvgIpc) is 2.79. The third-order valence-corrected chi connectivity index (χ3v) is 4.21. The first kappa shape index (κ1) is 13.8. The molecule has 2 aromatic rings. The highest BCUT2D eigenvalue weighted by molar-refractivity contribution is 7.13. The molecular weight excluding hydrogens is 254 g/mol. The number of rotatable bonds is 3. The van der Waals surface area contributed by atoms with Gasteiger partial charge in [0.1, 0.15) is 0 Å². The van der Waals surface area contributed by atoms with E-state index in [1.54, 1.807) is 0 Å². The molecule has 0 saturated heterocycles. The second-order valence-electron chi connectivity index (χ2n) is 4.97. The third-order valence-electron chi connectivity index (χ3n) is 3.21. The maximum atomic E-state index is 12.1. The first-order valence-electron chi connectivity index (χ1n) is 6.42. The summed E-state index contributed by atoms with van der Waals surface area (Å²) in [5.41, 5.74) is 3.61. The number of aryl methyl sites for hydroxylation is 3. The van der Waals surface area contributed by atoms with E-state index in [2.05, 4.69) is 37.4 Å². The van der Waals surface area contributed by atoms with Gasteiger partial charge in [-0.3, -0.25) is 4.79 Å². The summed E-state index contributed by atoms with van der Waals surface area (Å²) in [6.45, 7) is 8.18. The van der Waals surface area contributed by atoms with E-state index in [9.17, 15) is 4.79 Å². The molecule has 1 atom stereocenters. The Labute approximate surface area is 118 Å². The highest BCUT2D eigenvalue weighted by atomic mass is 32.1. The maximum Gasteiger partial charge on any atom is 0.261 e. The molecule has 100 valence electrons. The van der Waals surface area contributed by atoms with Gasteiger partial charge in [0, 0.05) is 4.88 Å². The summed E-state index contributed by atoms with van der Waals surface area (Å²) in [6.07, 6.45) is 0. The fraction of sp³-hybridized carbons (Fsp3) is 0.312. The van der Waals surface area contributed by atoms with Gasteiger partial charge in [-0.25, -0.2) is 0 Å². The van der Waals surface area contributed by atoms with Gasteiger partial charge in [0.25, 0.3) is 5.91 Å². The lowest BCUT2D eigenvalue weighted by Crippen LogP contribution is -2.26. The molecule has 0 unspecified atom stereocenters. The molecule has 0 aliphatic carbocycles. The largest absolute Gasteiger partial charge is 0.345 e. The van der Waals surface area contributed by atoms with E-state index in [1.807, 2.05) is 26.0 Å². The molecule has 19 heavy (non-hydrogen) atoms. The molecule has 0 aliphatic rings. The van der Waals surface area contributed by atoms with Gasteiger partial charge in [-0.1, -0.05) is 23.8 Å². The smallest absolute Gasteiger partial charge is 0.261 e. The Morgan fingerprint density at radius 1 is 1.16 bits per heavy atom. The Hall–Kier alpha value is -1.61. The number of benzene rings is 1. The number of carbonyl (C=O) groups is 1. The second kappa shape index (κ2) is 5.57. The van der Waals surface area contributed by atoms with Crippen LogP contribution in [0.5, 0.6) is 0 Å². The van der Waals surface area contributed by atoms with Crippen LogP contribution >= 0.6 is 11.3 Å². The number of hydrogen-bond acceptors (Lipinski definition) is 2. The van der Waals surface area contributed by atoms with Crippen LogP contribution in [-0.2, 0) is 0 Å². The van der Waals surface area contributed by atoms with E-state index in [0.717, 1.165) is 9.75 Å². The van der Waals surface area contributed by atoms with Crippen molar-refractivity contribution in [3.8, 4) is 0 Å². The Bertz CT molecular complexity index is 601. The number of thiophene rings is 1. The third kappa shape index (κ3) is 3.24. The molecule has 1 heterocycles. The maximum absolute atomic E-state index is 12.1. The van der Waals surface area contributed by atoms with Gasteiger partial charge in [-0.05, 0) is 51.0 Å². The molecule has 2 rings (SSSR count). The SMILES string of the molecule is Cc1ccc(C)c([C@@H](C)NC(=O)c2ccc(C)s2)c1. The van der Waals surface area contributed by atoms with Crippen molar-refractivity contribution in [2.75, 3.05) is 0 Å². The average molecular weight is 273 g/mol. The predicted molar refractivity (Wildman–Crippen MR) is 80.9 cm³/mol. The van der Waals surface area contributed by atoms with Gasteiger partial charge in [0.15, 0.2) is 0 Å². The van der Waals surface area contributed by atoms with Crippen LogP contribution < -0.4 is 5.32 Å². The van der Waals surface area contributed by atoms with E-state index in [0.29, 0.717) is 0 Å². The molecule has 0 bridgehead atoms. The van der Waals surface area contributed by atoms with Crippen LogP contribution in [0.25, 0.3) is 0 Å². The van der Waals surface area contributed by atoms with Crippen molar-refractivity contribution in [2.24, 2.45) is 0 Å². The first-order valence-corrected chi connectivity index (χ1v) is 7.23. The van der Waals surface area contributed by atoms with Crippen molar-refractivity contribution < 1.29 is 4.79 Å². The van der Waals surface area contributed by atoms with Gasteiger partial charge in [-0.15, -0.1) is 11.3 Å². The van der Waals surface area contributed by atoms with Crippen molar-refractivity contribution in [3.63, 3.8) is 0 Å². The van der Waals surface area contributed by atoms with Crippen molar-refractivity contribution in [2.45, 2.75) is 33.7 Å². The zero-order chi connectivity index (χ0) is 14.0. The lowest BCUT2D eigenvalue weighted by molar-refractivity contribution is 0.0944. The zero-order valence-corrected chi connectivity index (χ0v) is 12.6. The minimum Gasteiger partial charge on any atom is -0.345 e. The van der Waals surface area contributed by atoms with Gasteiger partial charge in [0.2, 0.25) is 0 Å². The van der Waals surface area contributed by atoms with E-state index in [4.69, 9.17) is 0 Å². The van der Waals surface area contributed by atoms with E-state index in [1.165, 1.54) is 28.0 Å². The normalized spacial score (nSPS) is 12.2. The quantitative estimate of drug-likeness (QED) is 0.893. The van der Waals surface area contributed by atoms with Crippen LogP contribution in [-0.4, -0.2) is 5.91 Å². The van der Waals surface area contributed by atoms with Gasteiger partial charge in [0.05, 0.1) is 10.9 Å². The van der Waals surface area contributed by atoms with Crippen LogP contribution in [0.1, 0.15) is 44.2 Å². The Balaban J connectivity index is 2.14. The van der Waals surface area contributed by atoms with Crippen LogP contribution in [0.4, 0.5) is 0 Å². The Morgan fingerprint density at radius 3 is 2.53 bits per heavy atom. The second-order valence-corrected chi connectivity index (χ2v) is 6.25. The highest BCUT2D eigenvalue weighted by Crippen LogP contribution is 2.21. The first-order chi connectivity index (χ1) is 8.97. The molecule has 0 saturated carbocycles. The van der Waals surface area contributed by atoms with Crippen LogP contribution in [0.2, 0.25) is 0 Å². The Morgan fingerprint density at radius 2 is 1.89 bits per heavy atom. The topological polar surface area (TPSA) is 29.1 Å². The summed E-state index contributed by atoms with van der Waals surface area (Å²) in [6, 6.07) is 10.2. The van der Waals surface area contributed by atoms with Crippen molar-refractivity contribution >= 4 is 17.2 Å². The fourth-order valence-electron chi connectivity index (χ4n) is 2.13. The molecule has 2 nitrogen and oxygen atoms in total. The summed E-state index contributed by atoms with van der Waals surface area (Å²) in [7, 11) is 0. The van der Waals surface area contributed by atoms with Crippen molar-refractivity contribution in [1.29, 1.82) is 0 Å². The highest BCUT2D eigenvalue weighted by Gasteiger charge is 2.14. The van der Waals surface area contributed by atoms with Gasteiger partial charge >= 0.3 is 0 Å². The number of hydrogen-bond donors (Lipinski definition) is 1. The van der Waals surface area contributed by atoms with Gasteiger partial charge < -0.3 is 5.32 Å². The van der Waals surface area contributed by atoms with Crippen molar-refractivity contribution in [3.05, 3.63) is 56.8 Å².